The van der Waals surface area contributed by atoms with E-state index in [1.165, 1.54) is 5.56 Å². The lowest BCUT2D eigenvalue weighted by atomic mass is 10.1. The average Bonchev–Trinajstić information content (AvgIpc) is 2.42. The highest BCUT2D eigenvalue weighted by Crippen LogP contribution is 2.10. The van der Waals surface area contributed by atoms with Gasteiger partial charge in [-0.2, -0.15) is 0 Å². The second-order valence-electron chi connectivity index (χ2n) is 3.79. The Morgan fingerprint density at radius 1 is 0.941 bits per heavy atom. The van der Waals surface area contributed by atoms with E-state index in [0.717, 1.165) is 17.8 Å². The smallest absolute Gasteiger partial charge is 0.0573 e. The maximum Gasteiger partial charge on any atom is 0.0573 e. The van der Waals surface area contributed by atoms with Crippen molar-refractivity contribution < 1.29 is 0 Å². The molecule has 0 bridgehead atoms. The van der Waals surface area contributed by atoms with E-state index in [1.54, 1.807) is 6.20 Å². The van der Waals surface area contributed by atoms with Crippen molar-refractivity contribution in [3.05, 3.63) is 78.0 Å². The fraction of sp³-hybridized carbons (Fsp3) is 0.0667. The van der Waals surface area contributed by atoms with Gasteiger partial charge in [0.15, 0.2) is 0 Å². The Morgan fingerprint density at radius 2 is 1.53 bits per heavy atom. The van der Waals surface area contributed by atoms with Gasteiger partial charge in [-0.1, -0.05) is 60.7 Å². The van der Waals surface area contributed by atoms with Gasteiger partial charge in [-0.3, -0.25) is 0 Å². The summed E-state index contributed by atoms with van der Waals surface area (Å²) in [6.45, 7) is 0.777. The van der Waals surface area contributed by atoms with Crippen LogP contribution < -0.4 is 11.1 Å². The molecule has 2 aromatic carbocycles. The Kier molecular flexibility index (Phi) is 3.81. The summed E-state index contributed by atoms with van der Waals surface area (Å²) in [5.74, 6) is 0. The second-order valence-corrected chi connectivity index (χ2v) is 3.79. The molecule has 0 unspecified atom stereocenters. The Labute approximate surface area is 102 Å². The van der Waals surface area contributed by atoms with E-state index in [-0.39, 0.29) is 0 Å². The molecule has 0 amide bonds. The zero-order valence-corrected chi connectivity index (χ0v) is 9.64. The van der Waals surface area contributed by atoms with Gasteiger partial charge in [0.1, 0.15) is 0 Å². The molecule has 0 heterocycles. The molecule has 2 aromatic rings. The van der Waals surface area contributed by atoms with E-state index in [2.05, 4.69) is 17.4 Å². The van der Waals surface area contributed by atoms with Crippen molar-refractivity contribution in [2.24, 2.45) is 5.73 Å². The van der Waals surface area contributed by atoms with Gasteiger partial charge in [-0.25, -0.2) is 0 Å². The van der Waals surface area contributed by atoms with Gasteiger partial charge in [-0.05, 0) is 11.1 Å². The number of hydrogen-bond donors (Lipinski definition) is 2. The predicted octanol–water partition coefficient (Wildman–Crippen LogP) is 2.73. The summed E-state index contributed by atoms with van der Waals surface area (Å²) in [5, 5.41) is 3.34. The van der Waals surface area contributed by atoms with Crippen LogP contribution >= 0.6 is 0 Å². The zero-order valence-electron chi connectivity index (χ0n) is 9.64. The third kappa shape index (κ3) is 3.11. The first-order valence-electron chi connectivity index (χ1n) is 5.65. The number of hydrogen-bond acceptors (Lipinski definition) is 2. The minimum absolute atomic E-state index is 0.777. The number of benzene rings is 2. The van der Waals surface area contributed by atoms with Crippen LogP contribution in [0, 0.1) is 0 Å². The van der Waals surface area contributed by atoms with Gasteiger partial charge < -0.3 is 11.1 Å². The average molecular weight is 224 g/mol. The van der Waals surface area contributed by atoms with Crippen LogP contribution in [0.1, 0.15) is 11.1 Å². The first-order chi connectivity index (χ1) is 8.40. The van der Waals surface area contributed by atoms with Crippen LogP contribution in [-0.2, 0) is 6.54 Å². The highest BCUT2D eigenvalue weighted by Gasteiger charge is 1.99. The molecule has 86 valence electrons. The molecule has 17 heavy (non-hydrogen) atoms. The molecule has 0 aliphatic carbocycles. The highest BCUT2D eigenvalue weighted by molar-refractivity contribution is 5.63. The van der Waals surface area contributed by atoms with Gasteiger partial charge in [0.05, 0.1) is 5.70 Å². The third-order valence-corrected chi connectivity index (χ3v) is 2.58. The highest BCUT2D eigenvalue weighted by atomic mass is 14.9. The lowest BCUT2D eigenvalue weighted by Gasteiger charge is -2.10. The Morgan fingerprint density at radius 3 is 2.12 bits per heavy atom. The molecule has 3 N–H and O–H groups in total. The molecule has 0 saturated heterocycles. The van der Waals surface area contributed by atoms with Crippen molar-refractivity contribution in [1.82, 2.24) is 5.32 Å². The summed E-state index contributed by atoms with van der Waals surface area (Å²) in [7, 11) is 0. The molecule has 2 rings (SSSR count). The van der Waals surface area contributed by atoms with Crippen molar-refractivity contribution in [2.75, 3.05) is 0 Å². The van der Waals surface area contributed by atoms with E-state index in [0.29, 0.717) is 0 Å². The molecule has 0 aliphatic rings. The van der Waals surface area contributed by atoms with E-state index in [4.69, 9.17) is 5.73 Å². The van der Waals surface area contributed by atoms with Crippen LogP contribution in [0.4, 0.5) is 0 Å². The fourth-order valence-electron chi connectivity index (χ4n) is 1.67. The van der Waals surface area contributed by atoms with Gasteiger partial charge in [0.25, 0.3) is 0 Å². The summed E-state index contributed by atoms with van der Waals surface area (Å²) >= 11 is 0. The van der Waals surface area contributed by atoms with Crippen molar-refractivity contribution in [3.63, 3.8) is 0 Å². The first kappa shape index (κ1) is 11.3. The summed E-state index contributed by atoms with van der Waals surface area (Å²) in [6.07, 6.45) is 1.61. The molecule has 0 saturated carbocycles. The molecule has 0 aliphatic heterocycles. The monoisotopic (exact) mass is 224 g/mol. The molecule has 0 aromatic heterocycles. The summed E-state index contributed by atoms with van der Waals surface area (Å²) < 4.78 is 0. The molecule has 0 spiro atoms. The quantitative estimate of drug-likeness (QED) is 0.838. The topological polar surface area (TPSA) is 38.0 Å². The van der Waals surface area contributed by atoms with E-state index < -0.39 is 0 Å². The van der Waals surface area contributed by atoms with Crippen LogP contribution in [-0.4, -0.2) is 0 Å². The summed E-state index contributed by atoms with van der Waals surface area (Å²) in [5.41, 5.74) is 8.94. The third-order valence-electron chi connectivity index (χ3n) is 2.58. The lowest BCUT2D eigenvalue weighted by Crippen LogP contribution is -2.13. The predicted molar refractivity (Wildman–Crippen MR) is 71.9 cm³/mol. The summed E-state index contributed by atoms with van der Waals surface area (Å²) in [4.78, 5) is 0. The SMILES string of the molecule is N/C=C(\NCc1ccccc1)c1ccccc1. The Balaban J connectivity index is 2.03. The van der Waals surface area contributed by atoms with E-state index >= 15 is 0 Å². The standard InChI is InChI=1S/C15H16N2/c16-11-15(14-9-5-2-6-10-14)17-12-13-7-3-1-4-8-13/h1-11,17H,12,16H2/b15-11-. The van der Waals surface area contributed by atoms with Crippen molar-refractivity contribution in [3.8, 4) is 0 Å². The van der Waals surface area contributed by atoms with Crippen LogP contribution in [0.2, 0.25) is 0 Å². The minimum Gasteiger partial charge on any atom is -0.403 e. The van der Waals surface area contributed by atoms with Crippen molar-refractivity contribution in [1.29, 1.82) is 0 Å². The molecule has 0 radical (unpaired) electrons. The second kappa shape index (κ2) is 5.75. The normalized spacial score (nSPS) is 11.2. The zero-order chi connectivity index (χ0) is 11.9. The summed E-state index contributed by atoms with van der Waals surface area (Å²) in [6, 6.07) is 20.3. The number of nitrogens with two attached hydrogens (primary N) is 1. The van der Waals surface area contributed by atoms with Gasteiger partial charge in [0, 0.05) is 12.7 Å². The van der Waals surface area contributed by atoms with E-state index in [1.807, 2.05) is 48.5 Å². The molecule has 2 heteroatoms. The number of rotatable bonds is 4. The minimum atomic E-state index is 0.777. The van der Waals surface area contributed by atoms with Crippen LogP contribution in [0.3, 0.4) is 0 Å². The van der Waals surface area contributed by atoms with Gasteiger partial charge >= 0.3 is 0 Å². The fourth-order valence-corrected chi connectivity index (χ4v) is 1.67. The van der Waals surface area contributed by atoms with E-state index in [9.17, 15) is 0 Å². The molecule has 2 nitrogen and oxygen atoms in total. The maximum atomic E-state index is 5.64. The van der Waals surface area contributed by atoms with Crippen LogP contribution in [0.25, 0.3) is 5.70 Å². The first-order valence-corrected chi connectivity index (χ1v) is 5.65. The molecule has 0 atom stereocenters. The molecule has 0 fully saturated rings. The van der Waals surface area contributed by atoms with Crippen LogP contribution in [0.15, 0.2) is 66.9 Å². The lowest BCUT2D eigenvalue weighted by molar-refractivity contribution is 0.887. The Hall–Kier alpha value is -2.22. The molecular formula is C15H16N2. The van der Waals surface area contributed by atoms with Crippen molar-refractivity contribution in [2.45, 2.75) is 6.54 Å². The Bertz CT molecular complexity index is 475. The van der Waals surface area contributed by atoms with Gasteiger partial charge in [-0.15, -0.1) is 0 Å². The molecular weight excluding hydrogens is 208 g/mol. The maximum absolute atomic E-state index is 5.64. The van der Waals surface area contributed by atoms with Crippen LogP contribution in [0.5, 0.6) is 0 Å². The largest absolute Gasteiger partial charge is 0.403 e. The van der Waals surface area contributed by atoms with Gasteiger partial charge in [0.2, 0.25) is 0 Å². The van der Waals surface area contributed by atoms with Crippen molar-refractivity contribution >= 4 is 5.70 Å². The number of nitrogens with one attached hydrogen (secondary N) is 1.